The van der Waals surface area contributed by atoms with Crippen molar-refractivity contribution in [3.8, 4) is 11.5 Å². The van der Waals surface area contributed by atoms with Crippen molar-refractivity contribution in [3.63, 3.8) is 0 Å². The zero-order chi connectivity index (χ0) is 20.9. The SMILES string of the molecule is C[C@H](NCc1ccc(Cl)cc1Oc1cccc(C(=O)O)c1)C(=O)OC(C)(C)C. The number of halogens is 1. The fourth-order valence-electron chi connectivity index (χ4n) is 2.33. The van der Waals surface area contributed by atoms with Crippen LogP contribution in [-0.2, 0) is 16.1 Å². The number of aromatic carboxylic acids is 1. The van der Waals surface area contributed by atoms with Gasteiger partial charge in [0.1, 0.15) is 23.1 Å². The lowest BCUT2D eigenvalue weighted by Crippen LogP contribution is -2.38. The Hall–Kier alpha value is -2.57. The summed E-state index contributed by atoms with van der Waals surface area (Å²) in [5.74, 6) is -0.537. The van der Waals surface area contributed by atoms with E-state index in [-0.39, 0.29) is 11.5 Å². The van der Waals surface area contributed by atoms with Gasteiger partial charge in [-0.05, 0) is 58.0 Å². The number of nitrogens with one attached hydrogen (secondary N) is 1. The lowest BCUT2D eigenvalue weighted by atomic mass is 10.1. The number of hydrogen-bond acceptors (Lipinski definition) is 5. The van der Waals surface area contributed by atoms with Crippen molar-refractivity contribution in [1.82, 2.24) is 5.32 Å². The van der Waals surface area contributed by atoms with Gasteiger partial charge in [-0.3, -0.25) is 4.79 Å². The monoisotopic (exact) mass is 405 g/mol. The van der Waals surface area contributed by atoms with Gasteiger partial charge in [0.2, 0.25) is 0 Å². The number of ether oxygens (including phenoxy) is 2. The molecule has 0 fully saturated rings. The van der Waals surface area contributed by atoms with Crippen molar-refractivity contribution in [2.75, 3.05) is 0 Å². The van der Waals surface area contributed by atoms with E-state index in [9.17, 15) is 9.59 Å². The third-order valence-electron chi connectivity index (χ3n) is 3.70. The minimum Gasteiger partial charge on any atom is -0.478 e. The smallest absolute Gasteiger partial charge is 0.335 e. The summed E-state index contributed by atoms with van der Waals surface area (Å²) >= 11 is 6.08. The van der Waals surface area contributed by atoms with Gasteiger partial charge in [-0.2, -0.15) is 0 Å². The number of esters is 1. The highest BCUT2D eigenvalue weighted by Gasteiger charge is 2.21. The molecule has 0 aliphatic carbocycles. The van der Waals surface area contributed by atoms with Crippen LogP contribution in [0.4, 0.5) is 0 Å². The Kier molecular flexibility index (Phi) is 7.05. The molecule has 2 N–H and O–H groups in total. The third-order valence-corrected chi connectivity index (χ3v) is 3.93. The van der Waals surface area contributed by atoms with Crippen LogP contribution in [0.1, 0.15) is 43.6 Å². The molecule has 0 spiro atoms. The average Bonchev–Trinajstić information content (AvgIpc) is 2.59. The van der Waals surface area contributed by atoms with Gasteiger partial charge in [0, 0.05) is 17.1 Å². The Morgan fingerprint density at radius 2 is 1.89 bits per heavy atom. The first-order valence-electron chi connectivity index (χ1n) is 8.81. The van der Waals surface area contributed by atoms with E-state index in [4.69, 9.17) is 26.2 Å². The van der Waals surface area contributed by atoms with E-state index < -0.39 is 17.6 Å². The van der Waals surface area contributed by atoms with Crippen molar-refractivity contribution in [2.24, 2.45) is 0 Å². The van der Waals surface area contributed by atoms with E-state index in [0.29, 0.717) is 23.1 Å². The minimum atomic E-state index is -1.04. The predicted molar refractivity (Wildman–Crippen MR) is 107 cm³/mol. The molecular formula is C21H24ClNO5. The molecule has 150 valence electrons. The van der Waals surface area contributed by atoms with E-state index in [1.807, 2.05) is 20.8 Å². The van der Waals surface area contributed by atoms with Crippen molar-refractivity contribution in [1.29, 1.82) is 0 Å². The van der Waals surface area contributed by atoms with Gasteiger partial charge in [0.15, 0.2) is 0 Å². The molecule has 0 saturated heterocycles. The second-order valence-corrected chi connectivity index (χ2v) is 7.76. The topological polar surface area (TPSA) is 84.9 Å². The maximum absolute atomic E-state index is 12.1. The highest BCUT2D eigenvalue weighted by Crippen LogP contribution is 2.29. The van der Waals surface area contributed by atoms with Crippen LogP contribution in [0.3, 0.4) is 0 Å². The fourth-order valence-corrected chi connectivity index (χ4v) is 2.49. The van der Waals surface area contributed by atoms with Crippen LogP contribution in [0.25, 0.3) is 0 Å². The fraction of sp³-hybridized carbons (Fsp3) is 0.333. The lowest BCUT2D eigenvalue weighted by molar-refractivity contribution is -0.157. The maximum Gasteiger partial charge on any atom is 0.335 e. The van der Waals surface area contributed by atoms with E-state index in [0.717, 1.165) is 5.56 Å². The highest BCUT2D eigenvalue weighted by atomic mass is 35.5. The Morgan fingerprint density at radius 3 is 2.54 bits per heavy atom. The van der Waals surface area contributed by atoms with Crippen molar-refractivity contribution >= 4 is 23.5 Å². The number of carbonyl (C=O) groups excluding carboxylic acids is 1. The molecule has 2 rings (SSSR count). The first-order valence-corrected chi connectivity index (χ1v) is 9.19. The summed E-state index contributed by atoms with van der Waals surface area (Å²) in [5, 5.41) is 12.7. The van der Waals surface area contributed by atoms with E-state index >= 15 is 0 Å². The number of benzene rings is 2. The van der Waals surface area contributed by atoms with Crippen LogP contribution >= 0.6 is 11.6 Å². The Balaban J connectivity index is 2.13. The summed E-state index contributed by atoms with van der Waals surface area (Å²) in [6, 6.07) is 10.8. The van der Waals surface area contributed by atoms with E-state index in [2.05, 4.69) is 5.32 Å². The standard InChI is InChI=1S/C21H24ClNO5/c1-13(20(26)28-21(2,3)4)23-12-15-8-9-16(22)11-18(15)27-17-7-5-6-14(10-17)19(24)25/h5-11,13,23H,12H2,1-4H3,(H,24,25)/t13-/m0/s1. The molecule has 28 heavy (non-hydrogen) atoms. The first-order chi connectivity index (χ1) is 13.0. The summed E-state index contributed by atoms with van der Waals surface area (Å²) in [4.78, 5) is 23.3. The van der Waals surface area contributed by atoms with E-state index in [1.54, 1.807) is 37.3 Å². The van der Waals surface area contributed by atoms with Crippen LogP contribution in [0, 0.1) is 0 Å². The Labute approximate surface area is 169 Å². The quantitative estimate of drug-likeness (QED) is 0.652. The molecular weight excluding hydrogens is 382 g/mol. The zero-order valence-electron chi connectivity index (χ0n) is 16.3. The average molecular weight is 406 g/mol. The second-order valence-electron chi connectivity index (χ2n) is 7.32. The van der Waals surface area contributed by atoms with Gasteiger partial charge >= 0.3 is 11.9 Å². The lowest BCUT2D eigenvalue weighted by Gasteiger charge is -2.23. The number of carboxylic acids is 1. The molecule has 0 aromatic heterocycles. The van der Waals surface area contributed by atoms with Crippen molar-refractivity contribution < 1.29 is 24.2 Å². The van der Waals surface area contributed by atoms with Crippen molar-refractivity contribution in [2.45, 2.75) is 45.9 Å². The molecule has 0 aliphatic rings. The summed E-state index contributed by atoms with van der Waals surface area (Å²) < 4.78 is 11.2. The van der Waals surface area contributed by atoms with Gasteiger partial charge in [0.25, 0.3) is 0 Å². The molecule has 1 atom stereocenters. The molecule has 7 heteroatoms. The third kappa shape index (κ3) is 6.55. The summed E-state index contributed by atoms with van der Waals surface area (Å²) in [5.41, 5.74) is 0.328. The summed E-state index contributed by atoms with van der Waals surface area (Å²) in [6.45, 7) is 7.50. The van der Waals surface area contributed by atoms with Crippen LogP contribution in [0.15, 0.2) is 42.5 Å². The number of hydrogen-bond donors (Lipinski definition) is 2. The molecule has 6 nitrogen and oxygen atoms in total. The van der Waals surface area contributed by atoms with Gasteiger partial charge in [-0.1, -0.05) is 23.7 Å². The summed E-state index contributed by atoms with van der Waals surface area (Å²) in [7, 11) is 0. The molecule has 0 aliphatic heterocycles. The highest BCUT2D eigenvalue weighted by molar-refractivity contribution is 6.30. The number of rotatable bonds is 7. The van der Waals surface area contributed by atoms with Gasteiger partial charge in [-0.15, -0.1) is 0 Å². The molecule has 0 radical (unpaired) electrons. The molecule has 2 aromatic carbocycles. The molecule has 0 heterocycles. The number of carbonyl (C=O) groups is 2. The normalized spacial score (nSPS) is 12.3. The van der Waals surface area contributed by atoms with Crippen LogP contribution in [0.5, 0.6) is 11.5 Å². The Morgan fingerprint density at radius 1 is 1.18 bits per heavy atom. The Bertz CT molecular complexity index is 860. The van der Waals surface area contributed by atoms with Crippen LogP contribution in [0.2, 0.25) is 5.02 Å². The van der Waals surface area contributed by atoms with E-state index in [1.165, 1.54) is 12.1 Å². The summed E-state index contributed by atoms with van der Waals surface area (Å²) in [6.07, 6.45) is 0. The van der Waals surface area contributed by atoms with Gasteiger partial charge < -0.3 is 19.9 Å². The molecule has 0 unspecified atom stereocenters. The molecule has 0 amide bonds. The minimum absolute atomic E-state index is 0.123. The zero-order valence-corrected chi connectivity index (χ0v) is 17.0. The predicted octanol–water partition coefficient (Wildman–Crippen LogP) is 4.65. The molecule has 0 saturated carbocycles. The van der Waals surface area contributed by atoms with Crippen molar-refractivity contribution in [3.05, 3.63) is 58.6 Å². The largest absolute Gasteiger partial charge is 0.478 e. The first kappa shape index (κ1) is 21.7. The van der Waals surface area contributed by atoms with Crippen LogP contribution < -0.4 is 10.1 Å². The second kappa shape index (κ2) is 9.08. The molecule has 0 bridgehead atoms. The van der Waals surface area contributed by atoms with Crippen LogP contribution in [-0.4, -0.2) is 28.7 Å². The molecule has 2 aromatic rings. The van der Waals surface area contributed by atoms with Gasteiger partial charge in [-0.25, -0.2) is 4.79 Å². The van der Waals surface area contributed by atoms with Gasteiger partial charge in [0.05, 0.1) is 5.56 Å². The number of carboxylic acid groups (broad SMARTS) is 1. The maximum atomic E-state index is 12.1.